The van der Waals surface area contributed by atoms with Crippen LogP contribution in [0.2, 0.25) is 0 Å². The lowest BCUT2D eigenvalue weighted by Crippen LogP contribution is -2.22. The summed E-state index contributed by atoms with van der Waals surface area (Å²) in [5.41, 5.74) is 2.61. The molecule has 0 aliphatic rings. The first-order chi connectivity index (χ1) is 9.19. The van der Waals surface area contributed by atoms with E-state index in [-0.39, 0.29) is 11.7 Å². The Morgan fingerprint density at radius 1 is 1.00 bits per heavy atom. The van der Waals surface area contributed by atoms with Crippen LogP contribution in [0.15, 0.2) is 48.5 Å². The van der Waals surface area contributed by atoms with E-state index in [2.05, 4.69) is 21.2 Å². The average molecular weight is 322 g/mol. The van der Waals surface area contributed by atoms with Gasteiger partial charge in [0.15, 0.2) is 0 Å². The minimum Gasteiger partial charge on any atom is -0.348 e. The number of halogens is 2. The van der Waals surface area contributed by atoms with Crippen LogP contribution in [0.3, 0.4) is 0 Å². The number of carbonyl (C=O) groups excluding carboxylic acids is 1. The Balaban J connectivity index is 1.95. The number of hydrogen-bond acceptors (Lipinski definition) is 1. The zero-order chi connectivity index (χ0) is 13.7. The van der Waals surface area contributed by atoms with Gasteiger partial charge in [-0.2, -0.15) is 0 Å². The average Bonchev–Trinajstić information content (AvgIpc) is 2.46. The molecule has 19 heavy (non-hydrogen) atoms. The van der Waals surface area contributed by atoms with Crippen LogP contribution in [0.4, 0.5) is 4.39 Å². The molecule has 2 aromatic carbocycles. The fraction of sp³-hybridized carbons (Fsp3) is 0.133. The molecule has 0 aliphatic carbocycles. The Morgan fingerprint density at radius 2 is 1.58 bits per heavy atom. The van der Waals surface area contributed by atoms with E-state index in [0.717, 1.165) is 16.5 Å². The Hall–Kier alpha value is -1.68. The lowest BCUT2D eigenvalue weighted by molar-refractivity contribution is 0.0951. The van der Waals surface area contributed by atoms with E-state index in [4.69, 9.17) is 0 Å². The van der Waals surface area contributed by atoms with Crippen molar-refractivity contribution in [3.63, 3.8) is 0 Å². The molecule has 0 fully saturated rings. The van der Waals surface area contributed by atoms with E-state index in [9.17, 15) is 9.18 Å². The second kappa shape index (κ2) is 6.48. The van der Waals surface area contributed by atoms with Crippen molar-refractivity contribution in [3.05, 3.63) is 71.0 Å². The second-order valence-corrected chi connectivity index (χ2v) is 4.70. The first-order valence-electron chi connectivity index (χ1n) is 5.86. The van der Waals surface area contributed by atoms with E-state index >= 15 is 0 Å². The normalized spacial score (nSPS) is 10.2. The lowest BCUT2D eigenvalue weighted by atomic mass is 10.1. The maximum absolute atomic E-state index is 12.7. The van der Waals surface area contributed by atoms with Crippen LogP contribution >= 0.6 is 15.9 Å². The Kier molecular flexibility index (Phi) is 4.68. The summed E-state index contributed by atoms with van der Waals surface area (Å²) in [4.78, 5) is 11.9. The van der Waals surface area contributed by atoms with Crippen LogP contribution in [0.5, 0.6) is 0 Å². The third kappa shape index (κ3) is 3.89. The maximum atomic E-state index is 12.7. The zero-order valence-corrected chi connectivity index (χ0v) is 11.8. The summed E-state index contributed by atoms with van der Waals surface area (Å²) >= 11 is 3.36. The molecule has 0 radical (unpaired) electrons. The molecule has 0 spiro atoms. The molecule has 0 atom stereocenters. The highest BCUT2D eigenvalue weighted by atomic mass is 79.9. The first-order valence-corrected chi connectivity index (χ1v) is 6.99. The van der Waals surface area contributed by atoms with Crippen molar-refractivity contribution in [2.24, 2.45) is 0 Å². The molecule has 0 unspecified atom stereocenters. The fourth-order valence-corrected chi connectivity index (χ4v) is 2.01. The summed E-state index contributed by atoms with van der Waals surface area (Å²) in [6.07, 6.45) is 0. The smallest absolute Gasteiger partial charge is 0.251 e. The van der Waals surface area contributed by atoms with Gasteiger partial charge in [-0.05, 0) is 35.4 Å². The second-order valence-electron chi connectivity index (χ2n) is 4.14. The van der Waals surface area contributed by atoms with Crippen LogP contribution in [-0.4, -0.2) is 5.91 Å². The number of amides is 1. The minimum absolute atomic E-state index is 0.134. The van der Waals surface area contributed by atoms with Crippen molar-refractivity contribution in [2.45, 2.75) is 11.9 Å². The fourth-order valence-electron chi connectivity index (χ4n) is 1.63. The van der Waals surface area contributed by atoms with Gasteiger partial charge < -0.3 is 5.32 Å². The summed E-state index contributed by atoms with van der Waals surface area (Å²) in [6, 6.07) is 13.5. The predicted octanol–water partition coefficient (Wildman–Crippen LogP) is 3.65. The molecule has 0 aliphatic heterocycles. The molecule has 98 valence electrons. The zero-order valence-electron chi connectivity index (χ0n) is 10.2. The van der Waals surface area contributed by atoms with Crippen molar-refractivity contribution in [2.75, 3.05) is 0 Å². The number of nitrogens with one attached hydrogen (secondary N) is 1. The van der Waals surface area contributed by atoms with Crippen molar-refractivity contribution < 1.29 is 9.18 Å². The van der Waals surface area contributed by atoms with Crippen molar-refractivity contribution in [1.82, 2.24) is 5.32 Å². The van der Waals surface area contributed by atoms with Gasteiger partial charge in [0.2, 0.25) is 0 Å². The summed E-state index contributed by atoms with van der Waals surface area (Å²) in [5.74, 6) is -0.411. The van der Waals surface area contributed by atoms with Gasteiger partial charge in [-0.25, -0.2) is 4.39 Å². The topological polar surface area (TPSA) is 29.1 Å². The Morgan fingerprint density at radius 3 is 2.16 bits per heavy atom. The van der Waals surface area contributed by atoms with E-state index in [1.54, 1.807) is 24.3 Å². The summed E-state index contributed by atoms with van der Waals surface area (Å²) in [5, 5.41) is 3.57. The summed E-state index contributed by atoms with van der Waals surface area (Å²) < 4.78 is 12.7. The number of alkyl halides is 1. The summed E-state index contributed by atoms with van der Waals surface area (Å²) in [7, 11) is 0. The third-order valence-corrected chi connectivity index (χ3v) is 3.38. The van der Waals surface area contributed by atoms with E-state index < -0.39 is 0 Å². The van der Waals surface area contributed by atoms with Gasteiger partial charge in [0, 0.05) is 17.4 Å². The molecule has 2 aromatic rings. The van der Waals surface area contributed by atoms with E-state index in [1.807, 2.05) is 12.1 Å². The molecule has 0 aromatic heterocycles. The van der Waals surface area contributed by atoms with E-state index in [1.165, 1.54) is 12.1 Å². The molecule has 1 amide bonds. The van der Waals surface area contributed by atoms with Crippen LogP contribution in [0.1, 0.15) is 21.5 Å². The maximum Gasteiger partial charge on any atom is 0.251 e. The number of rotatable bonds is 4. The highest BCUT2D eigenvalue weighted by molar-refractivity contribution is 9.08. The molecule has 2 rings (SSSR count). The van der Waals surface area contributed by atoms with Gasteiger partial charge >= 0.3 is 0 Å². The molecule has 0 saturated heterocycles. The minimum atomic E-state index is -0.277. The van der Waals surface area contributed by atoms with Crippen molar-refractivity contribution in [1.29, 1.82) is 0 Å². The number of benzene rings is 2. The monoisotopic (exact) mass is 321 g/mol. The SMILES string of the molecule is O=C(NCc1ccc(F)cc1)c1ccc(CBr)cc1. The lowest BCUT2D eigenvalue weighted by Gasteiger charge is -2.06. The van der Waals surface area contributed by atoms with Gasteiger partial charge in [-0.15, -0.1) is 0 Å². The van der Waals surface area contributed by atoms with Crippen molar-refractivity contribution in [3.8, 4) is 0 Å². The van der Waals surface area contributed by atoms with Gasteiger partial charge in [0.05, 0.1) is 0 Å². The molecule has 0 saturated carbocycles. The standard InChI is InChI=1S/C15H13BrFNO/c16-9-11-1-5-13(6-2-11)15(19)18-10-12-3-7-14(17)8-4-12/h1-8H,9-10H2,(H,18,19). The summed E-state index contributed by atoms with van der Waals surface area (Å²) in [6.45, 7) is 0.388. The molecular formula is C15H13BrFNO. The highest BCUT2D eigenvalue weighted by Crippen LogP contribution is 2.08. The third-order valence-electron chi connectivity index (χ3n) is 2.74. The molecule has 2 nitrogen and oxygen atoms in total. The molecule has 0 bridgehead atoms. The largest absolute Gasteiger partial charge is 0.348 e. The van der Waals surface area contributed by atoms with Gasteiger partial charge in [-0.3, -0.25) is 4.79 Å². The predicted molar refractivity (Wildman–Crippen MR) is 76.6 cm³/mol. The molecule has 4 heteroatoms. The van der Waals surface area contributed by atoms with Gasteiger partial charge in [0.25, 0.3) is 5.91 Å². The van der Waals surface area contributed by atoms with Gasteiger partial charge in [0.1, 0.15) is 5.82 Å². The Labute approximate surface area is 119 Å². The van der Waals surface area contributed by atoms with Crippen molar-refractivity contribution >= 4 is 21.8 Å². The number of carbonyl (C=O) groups is 1. The first kappa shape index (κ1) is 13.7. The number of hydrogen-bond donors (Lipinski definition) is 1. The molecule has 1 N–H and O–H groups in total. The van der Waals surface area contributed by atoms with Crippen LogP contribution in [0, 0.1) is 5.82 Å². The van der Waals surface area contributed by atoms with Crippen LogP contribution in [0.25, 0.3) is 0 Å². The highest BCUT2D eigenvalue weighted by Gasteiger charge is 2.04. The molecule has 0 heterocycles. The Bertz CT molecular complexity index is 551. The molecular weight excluding hydrogens is 309 g/mol. The van der Waals surface area contributed by atoms with Gasteiger partial charge in [-0.1, -0.05) is 40.2 Å². The quantitative estimate of drug-likeness (QED) is 0.856. The van der Waals surface area contributed by atoms with Crippen LogP contribution in [-0.2, 0) is 11.9 Å². The van der Waals surface area contributed by atoms with Crippen LogP contribution < -0.4 is 5.32 Å². The van der Waals surface area contributed by atoms with E-state index in [0.29, 0.717) is 12.1 Å².